The van der Waals surface area contributed by atoms with Crippen LogP contribution in [0.1, 0.15) is 5.56 Å². The van der Waals surface area contributed by atoms with Crippen LogP contribution in [0.3, 0.4) is 0 Å². The van der Waals surface area contributed by atoms with Gasteiger partial charge >= 0.3 is 0 Å². The molecule has 2 aromatic carbocycles. The molecule has 24 heavy (non-hydrogen) atoms. The summed E-state index contributed by atoms with van der Waals surface area (Å²) in [6, 6.07) is 13.6. The molecule has 0 amide bonds. The smallest absolute Gasteiger partial charge is 0.265 e. The lowest BCUT2D eigenvalue weighted by atomic mass is 10.2. The van der Waals surface area contributed by atoms with Crippen molar-refractivity contribution in [2.75, 3.05) is 11.8 Å². The van der Waals surface area contributed by atoms with Crippen LogP contribution in [0.4, 0.5) is 5.69 Å². The molecule has 3 rings (SSSR count). The molecule has 0 spiro atoms. The SMILES string of the molecule is COc1ccccc1S(=O)(=O)Nc1ccc(Cn2cncn2)cc1. The fourth-order valence-corrected chi connectivity index (χ4v) is 3.46. The standard InChI is InChI=1S/C16H16N4O3S/c1-23-15-4-2-3-5-16(15)24(21,22)19-14-8-6-13(7-9-14)10-20-12-17-11-18-20/h2-9,11-12,19H,10H2,1H3. The number of rotatable bonds is 6. The minimum Gasteiger partial charge on any atom is -0.495 e. The molecule has 124 valence electrons. The van der Waals surface area contributed by atoms with Crippen molar-refractivity contribution in [3.05, 3.63) is 66.7 Å². The average molecular weight is 344 g/mol. The minimum atomic E-state index is -3.72. The van der Waals surface area contributed by atoms with Gasteiger partial charge in [0.15, 0.2) is 0 Å². The topological polar surface area (TPSA) is 86.1 Å². The first-order chi connectivity index (χ1) is 11.6. The van der Waals surface area contributed by atoms with Crippen LogP contribution < -0.4 is 9.46 Å². The van der Waals surface area contributed by atoms with Gasteiger partial charge in [-0.3, -0.25) is 4.72 Å². The third-order valence-corrected chi connectivity index (χ3v) is 4.80. The van der Waals surface area contributed by atoms with Gasteiger partial charge in [0.05, 0.1) is 13.7 Å². The van der Waals surface area contributed by atoms with Crippen molar-refractivity contribution in [2.24, 2.45) is 0 Å². The van der Waals surface area contributed by atoms with Gasteiger partial charge in [0, 0.05) is 5.69 Å². The van der Waals surface area contributed by atoms with Crippen LogP contribution in [0.5, 0.6) is 5.75 Å². The lowest BCUT2D eigenvalue weighted by Crippen LogP contribution is -2.14. The zero-order chi connectivity index (χ0) is 17.0. The van der Waals surface area contributed by atoms with Gasteiger partial charge < -0.3 is 4.74 Å². The maximum Gasteiger partial charge on any atom is 0.265 e. The van der Waals surface area contributed by atoms with E-state index in [9.17, 15) is 8.42 Å². The van der Waals surface area contributed by atoms with Gasteiger partial charge in [-0.25, -0.2) is 18.1 Å². The summed E-state index contributed by atoms with van der Waals surface area (Å²) in [5.41, 5.74) is 1.46. The summed E-state index contributed by atoms with van der Waals surface area (Å²) in [7, 11) is -2.28. The van der Waals surface area contributed by atoms with Crippen molar-refractivity contribution < 1.29 is 13.2 Å². The Kier molecular flexibility index (Phi) is 4.48. The highest BCUT2D eigenvalue weighted by atomic mass is 32.2. The number of methoxy groups -OCH3 is 1. The van der Waals surface area contributed by atoms with Crippen molar-refractivity contribution in [1.82, 2.24) is 14.8 Å². The molecule has 1 N–H and O–H groups in total. The number of para-hydroxylation sites is 1. The van der Waals surface area contributed by atoms with E-state index in [-0.39, 0.29) is 4.90 Å². The summed E-state index contributed by atoms with van der Waals surface area (Å²) in [4.78, 5) is 3.98. The number of nitrogens with one attached hydrogen (secondary N) is 1. The van der Waals surface area contributed by atoms with Crippen LogP contribution in [-0.2, 0) is 16.6 Å². The van der Waals surface area contributed by atoms with Crippen molar-refractivity contribution >= 4 is 15.7 Å². The predicted octanol–water partition coefficient (Wildman–Crippen LogP) is 2.14. The monoisotopic (exact) mass is 344 g/mol. The Morgan fingerprint density at radius 1 is 1.12 bits per heavy atom. The Hall–Kier alpha value is -2.87. The van der Waals surface area contributed by atoms with Crippen molar-refractivity contribution in [2.45, 2.75) is 11.4 Å². The van der Waals surface area contributed by atoms with Crippen LogP contribution in [0.15, 0.2) is 66.1 Å². The molecule has 1 heterocycles. The number of nitrogens with zero attached hydrogens (tertiary/aromatic N) is 3. The Labute approximate surface area is 140 Å². The molecule has 1 aromatic heterocycles. The molecule has 0 saturated heterocycles. The molecule has 0 fully saturated rings. The molecule has 0 aliphatic heterocycles. The van der Waals surface area contributed by atoms with Gasteiger partial charge in [0.25, 0.3) is 10.0 Å². The first-order valence-electron chi connectivity index (χ1n) is 7.16. The van der Waals surface area contributed by atoms with E-state index in [0.29, 0.717) is 18.0 Å². The van der Waals surface area contributed by atoms with Gasteiger partial charge in [0.2, 0.25) is 0 Å². The highest BCUT2D eigenvalue weighted by Gasteiger charge is 2.18. The second-order valence-electron chi connectivity index (χ2n) is 5.05. The zero-order valence-electron chi connectivity index (χ0n) is 13.0. The van der Waals surface area contributed by atoms with Gasteiger partial charge in [-0.2, -0.15) is 5.10 Å². The number of aromatic nitrogens is 3. The lowest BCUT2D eigenvalue weighted by Gasteiger charge is -2.11. The Morgan fingerprint density at radius 3 is 2.54 bits per heavy atom. The normalized spacial score (nSPS) is 11.2. The molecule has 0 unspecified atom stereocenters. The van der Waals surface area contributed by atoms with Gasteiger partial charge in [-0.15, -0.1) is 0 Å². The second-order valence-corrected chi connectivity index (χ2v) is 6.70. The summed E-state index contributed by atoms with van der Waals surface area (Å²) >= 11 is 0. The molecule has 0 aliphatic rings. The Bertz CT molecular complexity index is 907. The lowest BCUT2D eigenvalue weighted by molar-refractivity contribution is 0.403. The molecule has 0 radical (unpaired) electrons. The van der Waals surface area contributed by atoms with Crippen molar-refractivity contribution in [3.8, 4) is 5.75 Å². The van der Waals surface area contributed by atoms with Crippen LogP contribution in [-0.4, -0.2) is 30.3 Å². The fourth-order valence-electron chi connectivity index (χ4n) is 2.23. The van der Waals surface area contributed by atoms with Crippen LogP contribution >= 0.6 is 0 Å². The molecule has 3 aromatic rings. The number of ether oxygens (including phenoxy) is 1. The number of hydrogen-bond donors (Lipinski definition) is 1. The Balaban J connectivity index is 1.77. The molecule has 0 aliphatic carbocycles. The third-order valence-electron chi connectivity index (χ3n) is 3.38. The van der Waals surface area contributed by atoms with E-state index >= 15 is 0 Å². The van der Waals surface area contributed by atoms with E-state index < -0.39 is 10.0 Å². The van der Waals surface area contributed by atoms with Crippen molar-refractivity contribution in [1.29, 1.82) is 0 Å². The van der Waals surface area contributed by atoms with E-state index in [2.05, 4.69) is 14.8 Å². The highest BCUT2D eigenvalue weighted by molar-refractivity contribution is 7.92. The number of hydrogen-bond acceptors (Lipinski definition) is 5. The van der Waals surface area contributed by atoms with E-state index in [1.807, 2.05) is 12.1 Å². The molecular formula is C16H16N4O3S. The quantitative estimate of drug-likeness (QED) is 0.740. The second kappa shape index (κ2) is 6.71. The van der Waals surface area contributed by atoms with Gasteiger partial charge in [-0.05, 0) is 29.8 Å². The molecular weight excluding hydrogens is 328 g/mol. The van der Waals surface area contributed by atoms with Gasteiger partial charge in [-0.1, -0.05) is 24.3 Å². The summed E-state index contributed by atoms with van der Waals surface area (Å²) in [5, 5.41) is 4.03. The van der Waals surface area contributed by atoms with Crippen LogP contribution in [0, 0.1) is 0 Å². The number of benzene rings is 2. The summed E-state index contributed by atoms with van der Waals surface area (Å²) in [6.45, 7) is 0.569. The van der Waals surface area contributed by atoms with E-state index in [4.69, 9.17) is 4.74 Å². The maximum atomic E-state index is 12.5. The van der Waals surface area contributed by atoms with E-state index in [1.165, 1.54) is 19.5 Å². The first kappa shape index (κ1) is 16.0. The first-order valence-corrected chi connectivity index (χ1v) is 8.64. The third kappa shape index (κ3) is 3.54. The Morgan fingerprint density at radius 2 is 1.88 bits per heavy atom. The average Bonchev–Trinajstić information content (AvgIpc) is 3.09. The van der Waals surface area contributed by atoms with Crippen LogP contribution in [0.2, 0.25) is 0 Å². The van der Waals surface area contributed by atoms with Gasteiger partial charge in [0.1, 0.15) is 23.3 Å². The number of anilines is 1. The largest absolute Gasteiger partial charge is 0.495 e. The zero-order valence-corrected chi connectivity index (χ0v) is 13.8. The molecule has 8 heteroatoms. The molecule has 0 saturated carbocycles. The number of sulfonamides is 1. The predicted molar refractivity (Wildman–Crippen MR) is 89.4 cm³/mol. The minimum absolute atomic E-state index is 0.0965. The van der Waals surface area contributed by atoms with Crippen LogP contribution in [0.25, 0.3) is 0 Å². The van der Waals surface area contributed by atoms with E-state index in [1.54, 1.807) is 41.3 Å². The van der Waals surface area contributed by atoms with Crippen molar-refractivity contribution in [3.63, 3.8) is 0 Å². The molecule has 0 atom stereocenters. The molecule has 0 bridgehead atoms. The highest BCUT2D eigenvalue weighted by Crippen LogP contribution is 2.25. The summed E-state index contributed by atoms with van der Waals surface area (Å²) in [5.74, 6) is 0.299. The molecule has 7 nitrogen and oxygen atoms in total. The summed E-state index contributed by atoms with van der Waals surface area (Å²) < 4.78 is 34.4. The maximum absolute atomic E-state index is 12.5. The summed E-state index contributed by atoms with van der Waals surface area (Å²) in [6.07, 6.45) is 3.09. The van der Waals surface area contributed by atoms with E-state index in [0.717, 1.165) is 5.56 Å². The fraction of sp³-hybridized carbons (Fsp3) is 0.125.